The third-order valence-corrected chi connectivity index (χ3v) is 6.42. The molecule has 1 amide bonds. The van der Waals surface area contributed by atoms with Gasteiger partial charge in [0, 0.05) is 128 Å². The quantitative estimate of drug-likeness (QED) is 0.294. The molecule has 2 heterocycles. The number of para-hydroxylation sites is 1. The average molecular weight is 972 g/mol. The number of H-pyrrole nitrogens is 1. The van der Waals surface area contributed by atoms with Gasteiger partial charge in [-0.05, 0) is 24.3 Å². The average Bonchev–Trinajstić information content (AvgIpc) is 3.38. The zero-order chi connectivity index (χ0) is 25.9. The minimum absolute atomic E-state index is 0. The van der Waals surface area contributed by atoms with Crippen LogP contribution in [0.2, 0.25) is 5.02 Å². The number of tetrazole rings is 1. The number of halogens is 1. The molecule has 198 valence electrons. The van der Waals surface area contributed by atoms with Gasteiger partial charge < -0.3 is 29.3 Å². The molecule has 0 saturated carbocycles. The minimum Gasteiger partial charge on any atom is -0.493 e. The van der Waals surface area contributed by atoms with Gasteiger partial charge in [0.2, 0.25) is 0 Å². The number of methoxy groups -OCH3 is 2. The van der Waals surface area contributed by atoms with E-state index in [9.17, 15) is 15.0 Å². The van der Waals surface area contributed by atoms with E-state index >= 15 is 0 Å². The van der Waals surface area contributed by atoms with E-state index in [4.69, 9.17) is 25.8 Å². The van der Waals surface area contributed by atoms with Crippen molar-refractivity contribution in [3.63, 3.8) is 0 Å². The molecule has 1 aliphatic rings. The Kier molecular flexibility index (Phi) is 13.4. The Morgan fingerprint density at radius 1 is 1.13 bits per heavy atom. The van der Waals surface area contributed by atoms with E-state index in [0.717, 1.165) is 0 Å². The van der Waals surface area contributed by atoms with Crippen molar-refractivity contribution < 1.29 is 117 Å². The number of aliphatic hydroxyl groups excluding tert-OH is 2. The summed E-state index contributed by atoms with van der Waals surface area (Å²) in [5.74, 6) is 0.852. The second-order valence-electron chi connectivity index (χ2n) is 8.87. The molecular weight excluding hydrogens is 944 g/mol. The molecule has 1 aromatic heterocycles. The third kappa shape index (κ3) is 7.28. The fraction of sp³-hybridized carbons (Fsp3) is 0.417. The Bertz CT molecular complexity index is 1220. The molecule has 0 saturated heterocycles. The maximum atomic E-state index is 13.9. The molecule has 0 fully saturated rings. The van der Waals surface area contributed by atoms with Crippen molar-refractivity contribution in [1.82, 2.24) is 20.6 Å². The summed E-state index contributed by atoms with van der Waals surface area (Å²) in [7, 11) is 3.06. The first-order valence-corrected chi connectivity index (χ1v) is 11.6. The normalized spacial score (nSPS) is 17.1. The molecule has 38 heavy (non-hydrogen) atoms. The molecule has 14 heteroatoms. The molecule has 2 radical (unpaired) electrons. The van der Waals surface area contributed by atoms with Crippen molar-refractivity contribution in [2.75, 3.05) is 38.9 Å². The monoisotopic (exact) mass is 971 g/mol. The zero-order valence-electron chi connectivity index (χ0n) is 21.3. The Hall–Kier alpha value is -0.367. The van der Waals surface area contributed by atoms with E-state index in [1.54, 1.807) is 37.3 Å². The Morgan fingerprint density at radius 3 is 2.47 bits per heavy atom. The Labute approximate surface area is 297 Å². The number of carbonyl (C=O) groups is 1. The molecule has 4 rings (SSSR count). The summed E-state index contributed by atoms with van der Waals surface area (Å²) >= 11 is 6.41. The number of anilines is 1. The zero-order valence-corrected chi connectivity index (χ0v) is 31.5. The van der Waals surface area contributed by atoms with Gasteiger partial charge in [-0.25, -0.2) is 0 Å². The molecule has 2 aromatic carbocycles. The number of aliphatic hydroxyl groups is 2. The summed E-state index contributed by atoms with van der Waals surface area (Å²) in [4.78, 5) is 15.5. The van der Waals surface area contributed by atoms with Crippen LogP contribution in [-0.4, -0.2) is 76.8 Å². The predicted octanol–water partition coefficient (Wildman–Crippen LogP) is 1.93. The number of amides is 1. The second kappa shape index (κ2) is 15.0. The van der Waals surface area contributed by atoms with Crippen LogP contribution in [0.1, 0.15) is 30.0 Å². The standard InChI is InChI=1S/C24H28ClN5O6.2Ac/c1-24(12-31,13-32)11-30-17-8-7-14(25)9-16(17)21(15-5-4-6-18(34-2)22(15)35-3)36-19(23(30)33)10-20-26-28-29-27-20;;/h4-9,19,21,31-32H,10-13H2,1-3H3,(H,26,27,28,29);;/t19-,21-;;/m1../s1. The van der Waals surface area contributed by atoms with Crippen molar-refractivity contribution in [3.05, 3.63) is 58.4 Å². The molecule has 1 aliphatic heterocycles. The third-order valence-electron chi connectivity index (χ3n) is 6.18. The second-order valence-corrected chi connectivity index (χ2v) is 9.31. The van der Waals surface area contributed by atoms with Crippen molar-refractivity contribution in [2.45, 2.75) is 25.6 Å². The number of nitrogens with zero attached hydrogens (tertiary/aromatic N) is 4. The summed E-state index contributed by atoms with van der Waals surface area (Å²) < 4.78 is 17.6. The van der Waals surface area contributed by atoms with Gasteiger partial charge >= 0.3 is 0 Å². The van der Waals surface area contributed by atoms with Crippen molar-refractivity contribution in [2.24, 2.45) is 5.41 Å². The van der Waals surface area contributed by atoms with Crippen LogP contribution in [0, 0.1) is 93.5 Å². The van der Waals surface area contributed by atoms with Gasteiger partial charge in [-0.3, -0.25) is 4.79 Å². The van der Waals surface area contributed by atoms with E-state index in [1.165, 1.54) is 19.1 Å². The van der Waals surface area contributed by atoms with E-state index in [-0.39, 0.29) is 120 Å². The predicted molar refractivity (Wildman–Crippen MR) is 130 cm³/mol. The number of rotatable bonds is 9. The van der Waals surface area contributed by atoms with Crippen LogP contribution in [0.15, 0.2) is 36.4 Å². The van der Waals surface area contributed by atoms with Crippen LogP contribution in [0.25, 0.3) is 0 Å². The Balaban J connectivity index is 0.00000253. The molecule has 0 bridgehead atoms. The number of aromatic nitrogens is 4. The van der Waals surface area contributed by atoms with Gasteiger partial charge in [-0.1, -0.05) is 35.9 Å². The molecule has 2 atom stereocenters. The maximum absolute atomic E-state index is 13.9. The van der Waals surface area contributed by atoms with Crippen LogP contribution < -0.4 is 14.4 Å². The van der Waals surface area contributed by atoms with E-state index in [2.05, 4.69) is 20.6 Å². The van der Waals surface area contributed by atoms with Crippen LogP contribution in [-0.2, 0) is 16.0 Å². The van der Waals surface area contributed by atoms with Gasteiger partial charge in [0.25, 0.3) is 5.91 Å². The first-order valence-electron chi connectivity index (χ1n) is 11.3. The molecule has 3 N–H and O–H groups in total. The van der Waals surface area contributed by atoms with Crippen molar-refractivity contribution in [3.8, 4) is 11.5 Å². The first kappa shape index (κ1) is 33.8. The molecule has 0 spiro atoms. The number of carbonyl (C=O) groups excluding carboxylic acids is 1. The minimum atomic E-state index is -1.03. The van der Waals surface area contributed by atoms with Crippen LogP contribution >= 0.6 is 11.6 Å². The number of benzene rings is 2. The van der Waals surface area contributed by atoms with Gasteiger partial charge in [-0.2, -0.15) is 5.21 Å². The molecule has 11 nitrogen and oxygen atoms in total. The fourth-order valence-electron chi connectivity index (χ4n) is 4.19. The van der Waals surface area contributed by atoms with Gasteiger partial charge in [0.15, 0.2) is 17.3 Å². The van der Waals surface area contributed by atoms with E-state index in [1.807, 2.05) is 6.07 Å². The number of hydrogen-bond donors (Lipinski definition) is 3. The summed E-state index contributed by atoms with van der Waals surface area (Å²) in [6, 6.07) is 10.5. The van der Waals surface area contributed by atoms with E-state index < -0.39 is 17.6 Å². The molecule has 0 aliphatic carbocycles. The van der Waals surface area contributed by atoms with Gasteiger partial charge in [-0.15, -0.1) is 10.2 Å². The Morgan fingerprint density at radius 2 is 1.87 bits per heavy atom. The molecular formula is C24H28Ac2ClN5O6. The summed E-state index contributed by atoms with van der Waals surface area (Å²) in [6.07, 6.45) is -1.79. The largest absolute Gasteiger partial charge is 0.493 e. The van der Waals surface area contributed by atoms with E-state index in [0.29, 0.717) is 39.2 Å². The number of fused-ring (bicyclic) bond motifs is 1. The van der Waals surface area contributed by atoms with Gasteiger partial charge in [0.1, 0.15) is 12.2 Å². The first-order chi connectivity index (χ1) is 17.3. The van der Waals surface area contributed by atoms with Crippen LogP contribution in [0.5, 0.6) is 11.5 Å². The van der Waals surface area contributed by atoms with Crippen molar-refractivity contribution >= 4 is 23.2 Å². The molecule has 0 unspecified atom stereocenters. The summed E-state index contributed by atoms with van der Waals surface area (Å²) in [6.45, 7) is 1.05. The maximum Gasteiger partial charge on any atom is 0.256 e. The molecule has 3 aromatic rings. The topological polar surface area (TPSA) is 143 Å². The summed E-state index contributed by atoms with van der Waals surface area (Å²) in [5, 5.41) is 34.3. The smallest absolute Gasteiger partial charge is 0.256 e. The van der Waals surface area contributed by atoms with Gasteiger partial charge in [0.05, 0.1) is 27.4 Å². The fourth-order valence-corrected chi connectivity index (χ4v) is 4.37. The number of hydrogen-bond acceptors (Lipinski definition) is 9. The van der Waals surface area contributed by atoms with Crippen LogP contribution in [0.4, 0.5) is 5.69 Å². The summed E-state index contributed by atoms with van der Waals surface area (Å²) in [5.41, 5.74) is 0.788. The number of ether oxygens (including phenoxy) is 3. The number of nitrogens with one attached hydrogen (secondary N) is 1. The van der Waals surface area contributed by atoms with Crippen LogP contribution in [0.3, 0.4) is 0 Å². The SMILES string of the molecule is COc1cccc([C@H]2O[C@H](Cc3nn[nH]n3)C(=O)N(CC(C)(CO)CO)c3ccc(Cl)cc32)c1OC.[Ac].[Ac]. The number of aromatic amines is 1. The van der Waals surface area contributed by atoms with Crippen molar-refractivity contribution in [1.29, 1.82) is 0 Å².